The lowest BCUT2D eigenvalue weighted by atomic mass is 10.0. The molecule has 0 spiro atoms. The highest BCUT2D eigenvalue weighted by Crippen LogP contribution is 2.35. The van der Waals surface area contributed by atoms with E-state index in [1.807, 2.05) is 0 Å². The van der Waals surface area contributed by atoms with Crippen LogP contribution in [0.2, 0.25) is 0 Å². The summed E-state index contributed by atoms with van der Waals surface area (Å²) in [5, 5.41) is 0. The summed E-state index contributed by atoms with van der Waals surface area (Å²) in [6.07, 6.45) is 3.23. The SMILES string of the molecule is CC(N)CCN1c2ccccc2CCc2ccccc21. The smallest absolute Gasteiger partial charge is 0.0443 e. The number of nitrogens with zero attached hydrogens (tertiary/aromatic N) is 1. The summed E-state index contributed by atoms with van der Waals surface area (Å²) >= 11 is 0. The molecule has 0 bridgehead atoms. The summed E-state index contributed by atoms with van der Waals surface area (Å²) in [6.45, 7) is 3.06. The minimum absolute atomic E-state index is 0.234. The Hall–Kier alpha value is -1.80. The van der Waals surface area contributed by atoms with Gasteiger partial charge in [-0.3, -0.25) is 0 Å². The van der Waals surface area contributed by atoms with E-state index in [0.717, 1.165) is 25.8 Å². The predicted octanol–water partition coefficient (Wildman–Crippen LogP) is 3.66. The molecule has 2 N–H and O–H groups in total. The van der Waals surface area contributed by atoms with Gasteiger partial charge in [0.1, 0.15) is 0 Å². The Morgan fingerprint density at radius 3 is 1.95 bits per heavy atom. The first-order valence-corrected chi connectivity index (χ1v) is 7.44. The quantitative estimate of drug-likeness (QED) is 0.918. The van der Waals surface area contributed by atoms with Crippen LogP contribution in [0, 0.1) is 0 Å². The van der Waals surface area contributed by atoms with Crippen LogP contribution in [0.1, 0.15) is 24.5 Å². The number of aryl methyl sites for hydroxylation is 2. The summed E-state index contributed by atoms with van der Waals surface area (Å²) < 4.78 is 0. The molecule has 104 valence electrons. The minimum Gasteiger partial charge on any atom is -0.341 e. The van der Waals surface area contributed by atoms with E-state index in [-0.39, 0.29) is 6.04 Å². The molecule has 1 unspecified atom stereocenters. The molecule has 2 aromatic rings. The third kappa shape index (κ3) is 2.56. The van der Waals surface area contributed by atoms with E-state index in [2.05, 4.69) is 60.4 Å². The zero-order valence-electron chi connectivity index (χ0n) is 12.0. The largest absolute Gasteiger partial charge is 0.341 e. The molecule has 0 fully saturated rings. The zero-order valence-corrected chi connectivity index (χ0v) is 12.0. The van der Waals surface area contributed by atoms with Crippen molar-refractivity contribution in [1.82, 2.24) is 0 Å². The summed E-state index contributed by atoms with van der Waals surface area (Å²) in [5.74, 6) is 0. The average molecular weight is 266 g/mol. The Balaban J connectivity index is 2.04. The van der Waals surface area contributed by atoms with Crippen LogP contribution in [0.25, 0.3) is 0 Å². The van der Waals surface area contributed by atoms with E-state index in [1.165, 1.54) is 22.5 Å². The molecule has 3 rings (SSSR count). The van der Waals surface area contributed by atoms with E-state index in [9.17, 15) is 0 Å². The first-order valence-electron chi connectivity index (χ1n) is 7.44. The highest BCUT2D eigenvalue weighted by molar-refractivity contribution is 5.71. The maximum atomic E-state index is 5.96. The molecule has 20 heavy (non-hydrogen) atoms. The van der Waals surface area contributed by atoms with Crippen molar-refractivity contribution < 1.29 is 0 Å². The lowest BCUT2D eigenvalue weighted by Gasteiger charge is -2.27. The normalized spacial score (nSPS) is 15.2. The molecule has 1 atom stereocenters. The topological polar surface area (TPSA) is 29.3 Å². The van der Waals surface area contributed by atoms with Crippen LogP contribution < -0.4 is 10.6 Å². The van der Waals surface area contributed by atoms with Crippen molar-refractivity contribution in [2.45, 2.75) is 32.2 Å². The van der Waals surface area contributed by atoms with Crippen LogP contribution >= 0.6 is 0 Å². The number of fused-ring (bicyclic) bond motifs is 2. The maximum Gasteiger partial charge on any atom is 0.0443 e. The molecule has 2 nitrogen and oxygen atoms in total. The second-order valence-corrected chi connectivity index (χ2v) is 5.68. The van der Waals surface area contributed by atoms with Gasteiger partial charge in [-0.25, -0.2) is 0 Å². The van der Waals surface area contributed by atoms with Gasteiger partial charge in [0.2, 0.25) is 0 Å². The van der Waals surface area contributed by atoms with E-state index >= 15 is 0 Å². The third-order valence-electron chi connectivity index (χ3n) is 4.04. The molecule has 1 aliphatic rings. The van der Waals surface area contributed by atoms with E-state index in [1.54, 1.807) is 0 Å². The molecule has 0 radical (unpaired) electrons. The van der Waals surface area contributed by atoms with Crippen LogP contribution in [-0.2, 0) is 12.8 Å². The third-order valence-corrected chi connectivity index (χ3v) is 4.04. The van der Waals surface area contributed by atoms with Gasteiger partial charge in [0, 0.05) is 24.0 Å². The Morgan fingerprint density at radius 1 is 0.950 bits per heavy atom. The van der Waals surface area contributed by atoms with Crippen LogP contribution in [0.5, 0.6) is 0 Å². The minimum atomic E-state index is 0.234. The molecule has 2 aromatic carbocycles. The molecular formula is C18H22N2. The molecule has 1 heterocycles. The Labute approximate surface area is 121 Å². The second-order valence-electron chi connectivity index (χ2n) is 5.68. The Kier molecular flexibility index (Phi) is 3.75. The average Bonchev–Trinajstić information content (AvgIpc) is 2.62. The molecule has 0 saturated carbocycles. The van der Waals surface area contributed by atoms with Gasteiger partial charge in [-0.15, -0.1) is 0 Å². The van der Waals surface area contributed by atoms with Crippen molar-refractivity contribution in [3.05, 3.63) is 59.7 Å². The molecule has 1 aliphatic heterocycles. The summed E-state index contributed by atoms with van der Waals surface area (Å²) in [7, 11) is 0. The standard InChI is InChI=1S/C18H22N2/c1-14(19)12-13-20-17-8-4-2-6-15(17)10-11-16-7-3-5-9-18(16)20/h2-9,14H,10-13,19H2,1H3. The fraction of sp³-hybridized carbons (Fsp3) is 0.333. The van der Waals surface area contributed by atoms with Gasteiger partial charge in [0.05, 0.1) is 0 Å². The molecule has 0 aliphatic carbocycles. The number of para-hydroxylation sites is 2. The van der Waals surface area contributed by atoms with Crippen molar-refractivity contribution in [1.29, 1.82) is 0 Å². The van der Waals surface area contributed by atoms with Gasteiger partial charge >= 0.3 is 0 Å². The van der Waals surface area contributed by atoms with E-state index in [4.69, 9.17) is 5.73 Å². The molecular weight excluding hydrogens is 244 g/mol. The first kappa shape index (κ1) is 13.2. The Bertz CT molecular complexity index is 542. The predicted molar refractivity (Wildman–Crippen MR) is 85.6 cm³/mol. The zero-order chi connectivity index (χ0) is 13.9. The first-order chi connectivity index (χ1) is 9.75. The number of hydrogen-bond donors (Lipinski definition) is 1. The van der Waals surface area contributed by atoms with Crippen LogP contribution in [0.15, 0.2) is 48.5 Å². The fourth-order valence-electron chi connectivity index (χ4n) is 2.94. The van der Waals surface area contributed by atoms with Gasteiger partial charge in [0.25, 0.3) is 0 Å². The molecule has 0 aromatic heterocycles. The van der Waals surface area contributed by atoms with Crippen molar-refractivity contribution in [2.75, 3.05) is 11.4 Å². The fourth-order valence-corrected chi connectivity index (χ4v) is 2.94. The van der Waals surface area contributed by atoms with Crippen molar-refractivity contribution in [3.63, 3.8) is 0 Å². The lowest BCUT2D eigenvalue weighted by Crippen LogP contribution is -2.26. The number of anilines is 2. The number of nitrogens with two attached hydrogens (primary N) is 1. The van der Waals surface area contributed by atoms with Gasteiger partial charge in [-0.05, 0) is 49.4 Å². The molecule has 0 saturated heterocycles. The number of hydrogen-bond acceptors (Lipinski definition) is 2. The highest BCUT2D eigenvalue weighted by atomic mass is 15.1. The van der Waals surface area contributed by atoms with Gasteiger partial charge < -0.3 is 10.6 Å². The van der Waals surface area contributed by atoms with Gasteiger partial charge in [0.15, 0.2) is 0 Å². The molecule has 2 heteroatoms. The van der Waals surface area contributed by atoms with Crippen LogP contribution in [0.3, 0.4) is 0 Å². The summed E-state index contributed by atoms with van der Waals surface area (Å²) in [6, 6.07) is 17.7. The summed E-state index contributed by atoms with van der Waals surface area (Å²) in [5.41, 5.74) is 11.5. The highest BCUT2D eigenvalue weighted by Gasteiger charge is 2.19. The second kappa shape index (κ2) is 5.68. The van der Waals surface area contributed by atoms with Crippen LogP contribution in [0.4, 0.5) is 11.4 Å². The number of benzene rings is 2. The lowest BCUT2D eigenvalue weighted by molar-refractivity contribution is 0.667. The van der Waals surface area contributed by atoms with E-state index < -0.39 is 0 Å². The van der Waals surface area contributed by atoms with E-state index in [0.29, 0.717) is 0 Å². The summed E-state index contributed by atoms with van der Waals surface area (Å²) in [4.78, 5) is 2.45. The van der Waals surface area contributed by atoms with Crippen molar-refractivity contribution in [3.8, 4) is 0 Å². The van der Waals surface area contributed by atoms with Crippen molar-refractivity contribution in [2.24, 2.45) is 5.73 Å². The van der Waals surface area contributed by atoms with Gasteiger partial charge in [-0.2, -0.15) is 0 Å². The van der Waals surface area contributed by atoms with Gasteiger partial charge in [-0.1, -0.05) is 36.4 Å². The molecule has 0 amide bonds. The monoisotopic (exact) mass is 266 g/mol. The van der Waals surface area contributed by atoms with Crippen LogP contribution in [-0.4, -0.2) is 12.6 Å². The number of rotatable bonds is 3. The Morgan fingerprint density at radius 2 is 1.45 bits per heavy atom. The maximum absolute atomic E-state index is 5.96. The van der Waals surface area contributed by atoms with Crippen molar-refractivity contribution >= 4 is 11.4 Å².